The van der Waals surface area contributed by atoms with Crippen LogP contribution in [-0.2, 0) is 4.79 Å². The van der Waals surface area contributed by atoms with Gasteiger partial charge < -0.3 is 4.90 Å². The standard InChI is InChI=1S/C17H23ClN2O/c1-3-15-17(21)20(10-11(2)12-7-8-12)16(19-15)13-5-4-6-14(18)9-13/h4-6,9,11-12,15-16,19H,3,7-8,10H2,1-2H3. The highest BCUT2D eigenvalue weighted by molar-refractivity contribution is 6.30. The van der Waals surface area contributed by atoms with Gasteiger partial charge in [-0.25, -0.2) is 0 Å². The van der Waals surface area contributed by atoms with Crippen molar-refractivity contribution < 1.29 is 4.79 Å². The summed E-state index contributed by atoms with van der Waals surface area (Å²) in [6.45, 7) is 5.15. The van der Waals surface area contributed by atoms with Crippen molar-refractivity contribution >= 4 is 17.5 Å². The van der Waals surface area contributed by atoms with E-state index < -0.39 is 0 Å². The van der Waals surface area contributed by atoms with E-state index in [2.05, 4.69) is 19.2 Å². The molecule has 1 aliphatic heterocycles. The molecule has 0 aromatic heterocycles. The van der Waals surface area contributed by atoms with E-state index in [-0.39, 0.29) is 18.1 Å². The normalized spacial score (nSPS) is 27.2. The number of carbonyl (C=O) groups excluding carboxylic acids is 1. The average molecular weight is 307 g/mol. The van der Waals surface area contributed by atoms with Crippen LogP contribution in [0.3, 0.4) is 0 Å². The molecule has 1 aliphatic carbocycles. The molecule has 3 rings (SSSR count). The number of halogens is 1. The van der Waals surface area contributed by atoms with Crippen molar-refractivity contribution in [2.75, 3.05) is 6.54 Å². The molecule has 21 heavy (non-hydrogen) atoms. The highest BCUT2D eigenvalue weighted by atomic mass is 35.5. The Kier molecular flexibility index (Phi) is 4.23. The molecule has 3 atom stereocenters. The van der Waals surface area contributed by atoms with Crippen molar-refractivity contribution in [1.29, 1.82) is 0 Å². The SMILES string of the molecule is CCC1NC(c2cccc(Cl)c2)N(CC(C)C2CC2)C1=O. The molecule has 1 aromatic carbocycles. The Bertz CT molecular complexity index is 529. The molecule has 0 spiro atoms. The van der Waals surface area contributed by atoms with E-state index in [1.165, 1.54) is 12.8 Å². The fourth-order valence-corrected chi connectivity index (χ4v) is 3.44. The van der Waals surface area contributed by atoms with Crippen LogP contribution in [0.4, 0.5) is 0 Å². The van der Waals surface area contributed by atoms with E-state index in [1.54, 1.807) is 0 Å². The third kappa shape index (κ3) is 3.09. The third-order valence-corrected chi connectivity index (χ3v) is 4.97. The van der Waals surface area contributed by atoms with E-state index in [1.807, 2.05) is 29.2 Å². The van der Waals surface area contributed by atoms with E-state index in [0.29, 0.717) is 5.92 Å². The van der Waals surface area contributed by atoms with Crippen molar-refractivity contribution in [2.45, 2.75) is 45.3 Å². The summed E-state index contributed by atoms with van der Waals surface area (Å²) in [5, 5.41) is 4.19. The van der Waals surface area contributed by atoms with E-state index in [9.17, 15) is 4.79 Å². The first-order chi connectivity index (χ1) is 10.1. The third-order valence-electron chi connectivity index (χ3n) is 4.74. The summed E-state index contributed by atoms with van der Waals surface area (Å²) in [6, 6.07) is 7.76. The number of nitrogens with zero attached hydrogens (tertiary/aromatic N) is 1. The van der Waals surface area contributed by atoms with Crippen molar-refractivity contribution in [2.24, 2.45) is 11.8 Å². The Morgan fingerprint density at radius 1 is 1.43 bits per heavy atom. The number of nitrogens with one attached hydrogen (secondary N) is 1. The maximum absolute atomic E-state index is 12.6. The summed E-state index contributed by atoms with van der Waals surface area (Å²) in [4.78, 5) is 14.6. The zero-order valence-corrected chi connectivity index (χ0v) is 13.4. The fraction of sp³-hybridized carbons (Fsp3) is 0.588. The Labute approximate surface area is 131 Å². The van der Waals surface area contributed by atoms with Crippen LogP contribution < -0.4 is 5.32 Å². The second kappa shape index (κ2) is 5.98. The number of amides is 1. The van der Waals surface area contributed by atoms with Crippen LogP contribution in [0.25, 0.3) is 0 Å². The lowest BCUT2D eigenvalue weighted by atomic mass is 10.0. The molecule has 3 unspecified atom stereocenters. The summed E-state index contributed by atoms with van der Waals surface area (Å²) >= 11 is 6.11. The van der Waals surface area contributed by atoms with Gasteiger partial charge in [0.05, 0.1) is 6.04 Å². The van der Waals surface area contributed by atoms with Crippen LogP contribution in [-0.4, -0.2) is 23.4 Å². The molecule has 1 heterocycles. The van der Waals surface area contributed by atoms with Gasteiger partial charge >= 0.3 is 0 Å². The van der Waals surface area contributed by atoms with E-state index in [0.717, 1.165) is 29.5 Å². The predicted octanol–water partition coefficient (Wildman–Crippen LogP) is 3.60. The van der Waals surface area contributed by atoms with Gasteiger partial charge in [-0.15, -0.1) is 0 Å². The first kappa shape index (κ1) is 14.9. The second-order valence-corrected chi connectivity index (χ2v) is 6.83. The zero-order chi connectivity index (χ0) is 15.0. The van der Waals surface area contributed by atoms with Gasteiger partial charge in [0, 0.05) is 11.6 Å². The molecule has 1 saturated carbocycles. The van der Waals surface area contributed by atoms with Gasteiger partial charge in [0.1, 0.15) is 6.17 Å². The lowest BCUT2D eigenvalue weighted by Crippen LogP contribution is -2.35. The first-order valence-electron chi connectivity index (χ1n) is 7.92. The van der Waals surface area contributed by atoms with Crippen LogP contribution in [0.5, 0.6) is 0 Å². The molecule has 2 aliphatic rings. The van der Waals surface area contributed by atoms with Gasteiger partial charge in [0.2, 0.25) is 5.91 Å². The van der Waals surface area contributed by atoms with Gasteiger partial charge in [-0.3, -0.25) is 10.1 Å². The number of hydrogen-bond donors (Lipinski definition) is 1. The Hall–Kier alpha value is -1.06. The van der Waals surface area contributed by atoms with Crippen molar-refractivity contribution in [3.8, 4) is 0 Å². The Morgan fingerprint density at radius 3 is 2.81 bits per heavy atom. The maximum Gasteiger partial charge on any atom is 0.241 e. The maximum atomic E-state index is 12.6. The number of benzene rings is 1. The summed E-state index contributed by atoms with van der Waals surface area (Å²) < 4.78 is 0. The van der Waals surface area contributed by atoms with E-state index in [4.69, 9.17) is 11.6 Å². The highest BCUT2D eigenvalue weighted by Crippen LogP contribution is 2.38. The van der Waals surface area contributed by atoms with Gasteiger partial charge in [-0.2, -0.15) is 0 Å². The highest BCUT2D eigenvalue weighted by Gasteiger charge is 2.41. The average Bonchev–Trinajstić information content (AvgIpc) is 3.26. The summed E-state index contributed by atoms with van der Waals surface area (Å²) in [5.74, 6) is 1.61. The van der Waals surface area contributed by atoms with Crippen molar-refractivity contribution in [3.05, 3.63) is 34.9 Å². The van der Waals surface area contributed by atoms with Crippen LogP contribution >= 0.6 is 11.6 Å². The van der Waals surface area contributed by atoms with Gasteiger partial charge in [-0.05, 0) is 48.8 Å². The van der Waals surface area contributed by atoms with Gasteiger partial charge in [0.15, 0.2) is 0 Å². The Morgan fingerprint density at radius 2 is 2.19 bits per heavy atom. The topological polar surface area (TPSA) is 32.3 Å². The lowest BCUT2D eigenvalue weighted by molar-refractivity contribution is -0.130. The molecule has 1 amide bonds. The monoisotopic (exact) mass is 306 g/mol. The lowest BCUT2D eigenvalue weighted by Gasteiger charge is -2.27. The van der Waals surface area contributed by atoms with E-state index >= 15 is 0 Å². The largest absolute Gasteiger partial charge is 0.321 e. The van der Waals surface area contributed by atoms with Crippen molar-refractivity contribution in [3.63, 3.8) is 0 Å². The molecule has 0 radical (unpaired) electrons. The summed E-state index contributed by atoms with van der Waals surface area (Å²) in [5.41, 5.74) is 1.08. The zero-order valence-electron chi connectivity index (χ0n) is 12.7. The summed E-state index contributed by atoms with van der Waals surface area (Å²) in [6.07, 6.45) is 3.41. The van der Waals surface area contributed by atoms with Crippen LogP contribution in [0.1, 0.15) is 44.8 Å². The van der Waals surface area contributed by atoms with Crippen molar-refractivity contribution in [1.82, 2.24) is 10.2 Å². The minimum Gasteiger partial charge on any atom is -0.321 e. The van der Waals surface area contributed by atoms with Crippen LogP contribution in [0.15, 0.2) is 24.3 Å². The minimum absolute atomic E-state index is 0.0395. The van der Waals surface area contributed by atoms with Crippen LogP contribution in [0, 0.1) is 11.8 Å². The first-order valence-corrected chi connectivity index (χ1v) is 8.30. The molecule has 2 fully saturated rings. The molecular weight excluding hydrogens is 284 g/mol. The Balaban J connectivity index is 1.83. The molecule has 1 N–H and O–H groups in total. The second-order valence-electron chi connectivity index (χ2n) is 6.39. The molecule has 114 valence electrons. The molecular formula is C17H23ClN2O. The molecule has 0 bridgehead atoms. The van der Waals surface area contributed by atoms with Gasteiger partial charge in [-0.1, -0.05) is 37.6 Å². The van der Waals surface area contributed by atoms with Gasteiger partial charge in [0.25, 0.3) is 0 Å². The fourth-order valence-electron chi connectivity index (χ4n) is 3.24. The molecule has 4 heteroatoms. The number of carbonyl (C=O) groups is 1. The minimum atomic E-state index is -0.0691. The molecule has 1 aromatic rings. The number of hydrogen-bond acceptors (Lipinski definition) is 2. The molecule has 3 nitrogen and oxygen atoms in total. The summed E-state index contributed by atoms with van der Waals surface area (Å²) in [7, 11) is 0. The smallest absolute Gasteiger partial charge is 0.241 e. The predicted molar refractivity (Wildman–Crippen MR) is 85.0 cm³/mol. The molecule has 1 saturated heterocycles. The van der Waals surface area contributed by atoms with Crippen LogP contribution in [0.2, 0.25) is 5.02 Å². The quantitative estimate of drug-likeness (QED) is 0.901. The number of rotatable bonds is 5.